The molecule has 0 saturated heterocycles. The molecule has 0 atom stereocenters. The first-order chi connectivity index (χ1) is 8.89. The van der Waals surface area contributed by atoms with Crippen molar-refractivity contribution in [3.05, 3.63) is 0 Å². The average Bonchev–Trinajstić information content (AvgIpc) is 2.27. The third kappa shape index (κ3) is 12.0. The topological polar surface area (TPSA) is 29.5 Å². The van der Waals surface area contributed by atoms with Gasteiger partial charge in [-0.3, -0.25) is 9.69 Å². The van der Waals surface area contributed by atoms with E-state index in [2.05, 4.69) is 0 Å². The molecule has 0 aromatic carbocycles. The molecule has 6 heteroatoms. The van der Waals surface area contributed by atoms with Crippen LogP contribution in [0.2, 0.25) is 0 Å². The average molecular weight is 283 g/mol. The number of halogens is 3. The van der Waals surface area contributed by atoms with Crippen LogP contribution in [-0.4, -0.2) is 43.3 Å². The number of carbonyl (C=O) groups is 1. The van der Waals surface area contributed by atoms with Crippen LogP contribution in [0.1, 0.15) is 46.0 Å². The molecule has 0 amide bonds. The first-order valence-corrected chi connectivity index (χ1v) is 6.83. The standard InChI is InChI=1S/C13H24F3NO2/c1-3-9-17(11-13(14,15)16)10-7-5-6-8-12(18)19-4-2/h3-11H2,1-2H3. The molecule has 114 valence electrons. The highest BCUT2D eigenvalue weighted by atomic mass is 19.4. The molecule has 0 bridgehead atoms. The number of esters is 1. The van der Waals surface area contributed by atoms with Crippen LogP contribution in [0.15, 0.2) is 0 Å². The van der Waals surface area contributed by atoms with Gasteiger partial charge in [0.15, 0.2) is 0 Å². The smallest absolute Gasteiger partial charge is 0.401 e. The van der Waals surface area contributed by atoms with Crippen LogP contribution in [0.4, 0.5) is 13.2 Å². The van der Waals surface area contributed by atoms with Gasteiger partial charge in [0.25, 0.3) is 0 Å². The molecule has 0 saturated carbocycles. The molecule has 0 aliphatic heterocycles. The Morgan fingerprint density at radius 1 is 1.11 bits per heavy atom. The minimum atomic E-state index is -4.14. The van der Waals surface area contributed by atoms with Crippen LogP contribution in [0.25, 0.3) is 0 Å². The second kappa shape index (κ2) is 10.1. The Labute approximate surface area is 113 Å². The van der Waals surface area contributed by atoms with E-state index < -0.39 is 12.7 Å². The zero-order valence-electron chi connectivity index (χ0n) is 11.8. The lowest BCUT2D eigenvalue weighted by Gasteiger charge is -2.22. The number of carbonyl (C=O) groups excluding carboxylic acids is 1. The molecule has 19 heavy (non-hydrogen) atoms. The minimum absolute atomic E-state index is 0.233. The Kier molecular flexibility index (Phi) is 9.65. The lowest BCUT2D eigenvalue weighted by Crippen LogP contribution is -2.35. The highest BCUT2D eigenvalue weighted by Gasteiger charge is 2.29. The SMILES string of the molecule is CCCN(CCCCCC(=O)OCC)CC(F)(F)F. The Bertz CT molecular complexity index is 245. The third-order valence-corrected chi connectivity index (χ3v) is 2.60. The molecule has 0 aromatic rings. The van der Waals surface area contributed by atoms with E-state index in [1.54, 1.807) is 6.92 Å². The van der Waals surface area contributed by atoms with Crippen molar-refractivity contribution in [3.63, 3.8) is 0 Å². The van der Waals surface area contributed by atoms with Crippen molar-refractivity contribution in [2.24, 2.45) is 0 Å². The van der Waals surface area contributed by atoms with Gasteiger partial charge < -0.3 is 4.74 Å². The van der Waals surface area contributed by atoms with Gasteiger partial charge in [0.1, 0.15) is 0 Å². The fourth-order valence-electron chi connectivity index (χ4n) is 1.85. The summed E-state index contributed by atoms with van der Waals surface area (Å²) in [6, 6.07) is 0. The normalized spacial score (nSPS) is 11.9. The molecule has 0 aliphatic carbocycles. The van der Waals surface area contributed by atoms with Gasteiger partial charge in [0.2, 0.25) is 0 Å². The molecular formula is C13H24F3NO2. The molecule has 0 rings (SSSR count). The molecule has 3 nitrogen and oxygen atoms in total. The Balaban J connectivity index is 3.72. The van der Waals surface area contributed by atoms with Crippen molar-refractivity contribution in [2.45, 2.75) is 52.1 Å². The van der Waals surface area contributed by atoms with E-state index >= 15 is 0 Å². The molecule has 0 radical (unpaired) electrons. The molecule has 0 fully saturated rings. The maximum atomic E-state index is 12.3. The second-order valence-corrected chi connectivity index (χ2v) is 4.51. The summed E-state index contributed by atoms with van der Waals surface area (Å²) in [5.74, 6) is -0.233. The van der Waals surface area contributed by atoms with Crippen LogP contribution < -0.4 is 0 Å². The molecule has 0 heterocycles. The maximum absolute atomic E-state index is 12.3. The summed E-state index contributed by atoms with van der Waals surface area (Å²) in [5.41, 5.74) is 0. The van der Waals surface area contributed by atoms with Crippen LogP contribution >= 0.6 is 0 Å². The minimum Gasteiger partial charge on any atom is -0.466 e. The van der Waals surface area contributed by atoms with Crippen molar-refractivity contribution < 1.29 is 22.7 Å². The van der Waals surface area contributed by atoms with E-state index in [0.717, 1.165) is 6.42 Å². The number of rotatable bonds is 10. The monoisotopic (exact) mass is 283 g/mol. The Morgan fingerprint density at radius 2 is 1.79 bits per heavy atom. The van der Waals surface area contributed by atoms with E-state index in [-0.39, 0.29) is 5.97 Å². The number of ether oxygens (including phenoxy) is 1. The highest BCUT2D eigenvalue weighted by Crippen LogP contribution is 2.17. The van der Waals surface area contributed by atoms with Gasteiger partial charge in [-0.05, 0) is 39.3 Å². The molecule has 0 unspecified atom stereocenters. The van der Waals surface area contributed by atoms with Crippen molar-refractivity contribution in [3.8, 4) is 0 Å². The van der Waals surface area contributed by atoms with Crippen LogP contribution in [-0.2, 0) is 9.53 Å². The van der Waals surface area contributed by atoms with Crippen molar-refractivity contribution in [1.82, 2.24) is 4.90 Å². The molecule has 0 spiro atoms. The van der Waals surface area contributed by atoms with E-state index in [4.69, 9.17) is 4.74 Å². The van der Waals surface area contributed by atoms with Gasteiger partial charge in [0, 0.05) is 6.42 Å². The summed E-state index contributed by atoms with van der Waals surface area (Å²) in [6.45, 7) is 4.02. The zero-order valence-corrected chi connectivity index (χ0v) is 11.8. The van der Waals surface area contributed by atoms with Crippen molar-refractivity contribution in [1.29, 1.82) is 0 Å². The Hall–Kier alpha value is -0.780. The molecule has 0 N–H and O–H groups in total. The van der Waals surface area contributed by atoms with Gasteiger partial charge in [-0.25, -0.2) is 0 Å². The van der Waals surface area contributed by atoms with Crippen LogP contribution in [0.3, 0.4) is 0 Å². The summed E-state index contributed by atoms with van der Waals surface area (Å²) in [5, 5.41) is 0. The largest absolute Gasteiger partial charge is 0.466 e. The van der Waals surface area contributed by atoms with E-state index in [9.17, 15) is 18.0 Å². The molecule has 0 aromatic heterocycles. The highest BCUT2D eigenvalue weighted by molar-refractivity contribution is 5.69. The van der Waals surface area contributed by atoms with Crippen LogP contribution in [0.5, 0.6) is 0 Å². The number of unbranched alkanes of at least 4 members (excludes halogenated alkanes) is 2. The van der Waals surface area contributed by atoms with Crippen LogP contribution in [0, 0.1) is 0 Å². The van der Waals surface area contributed by atoms with E-state index in [1.165, 1.54) is 4.90 Å². The molecule has 0 aliphatic rings. The summed E-state index contributed by atoms with van der Waals surface area (Å²) in [7, 11) is 0. The predicted molar refractivity (Wildman–Crippen MR) is 67.9 cm³/mol. The third-order valence-electron chi connectivity index (χ3n) is 2.60. The number of nitrogens with zero attached hydrogens (tertiary/aromatic N) is 1. The Morgan fingerprint density at radius 3 is 2.32 bits per heavy atom. The first-order valence-electron chi connectivity index (χ1n) is 6.83. The lowest BCUT2D eigenvalue weighted by molar-refractivity contribution is -0.146. The number of alkyl halides is 3. The van der Waals surface area contributed by atoms with Gasteiger partial charge in [-0.2, -0.15) is 13.2 Å². The zero-order chi connectivity index (χ0) is 14.7. The summed E-state index contributed by atoms with van der Waals surface area (Å²) >= 11 is 0. The van der Waals surface area contributed by atoms with Crippen molar-refractivity contribution >= 4 is 5.97 Å². The maximum Gasteiger partial charge on any atom is 0.401 e. The number of hydrogen-bond acceptors (Lipinski definition) is 3. The summed E-state index contributed by atoms with van der Waals surface area (Å²) < 4.78 is 41.7. The number of hydrogen-bond donors (Lipinski definition) is 0. The van der Waals surface area contributed by atoms with Gasteiger partial charge in [0.05, 0.1) is 13.2 Å². The van der Waals surface area contributed by atoms with Gasteiger partial charge >= 0.3 is 12.1 Å². The van der Waals surface area contributed by atoms with E-state index in [1.807, 2.05) is 6.92 Å². The lowest BCUT2D eigenvalue weighted by atomic mass is 10.2. The van der Waals surface area contributed by atoms with Gasteiger partial charge in [-0.1, -0.05) is 13.3 Å². The quantitative estimate of drug-likeness (QED) is 0.455. The second-order valence-electron chi connectivity index (χ2n) is 4.51. The fraction of sp³-hybridized carbons (Fsp3) is 0.923. The van der Waals surface area contributed by atoms with Gasteiger partial charge in [-0.15, -0.1) is 0 Å². The summed E-state index contributed by atoms with van der Waals surface area (Å²) in [6.07, 6.45) is -0.989. The predicted octanol–water partition coefficient (Wildman–Crippen LogP) is 3.38. The first kappa shape index (κ1) is 18.2. The van der Waals surface area contributed by atoms with E-state index in [0.29, 0.717) is 45.4 Å². The summed E-state index contributed by atoms with van der Waals surface area (Å²) in [4.78, 5) is 12.5. The van der Waals surface area contributed by atoms with Crippen molar-refractivity contribution in [2.75, 3.05) is 26.2 Å². The molecular weight excluding hydrogens is 259 g/mol. The fourth-order valence-corrected chi connectivity index (χ4v) is 1.85.